The molecule has 1 amide bonds. The molecule has 32 heavy (non-hydrogen) atoms. The number of rotatable bonds is 7. The number of anilines is 1. The lowest BCUT2D eigenvalue weighted by atomic mass is 9.94. The number of carbonyl (C=O) groups excluding carboxylic acids is 1. The molecule has 0 bridgehead atoms. The molecule has 2 N–H and O–H groups in total. The third-order valence-electron chi connectivity index (χ3n) is 5.63. The van der Waals surface area contributed by atoms with Crippen LogP contribution in [0.3, 0.4) is 0 Å². The van der Waals surface area contributed by atoms with E-state index >= 15 is 0 Å². The molecule has 1 aromatic heterocycles. The van der Waals surface area contributed by atoms with Gasteiger partial charge in [-0.3, -0.25) is 9.89 Å². The van der Waals surface area contributed by atoms with Crippen molar-refractivity contribution < 1.29 is 23.4 Å². The van der Waals surface area contributed by atoms with Gasteiger partial charge in [0, 0.05) is 24.7 Å². The summed E-state index contributed by atoms with van der Waals surface area (Å²) in [4.78, 5) is 12.9. The SMILES string of the molecule is COc1ccc(OC)c(-c2n[nH]c(C3CCOCC3)c2NC(=O)Cc2ccc(F)cc2)c1. The molecule has 0 saturated carbocycles. The molecule has 8 heteroatoms. The lowest BCUT2D eigenvalue weighted by Crippen LogP contribution is -2.19. The number of nitrogens with one attached hydrogen (secondary N) is 2. The average Bonchev–Trinajstić information content (AvgIpc) is 3.23. The van der Waals surface area contributed by atoms with E-state index in [1.807, 2.05) is 6.07 Å². The van der Waals surface area contributed by atoms with Gasteiger partial charge in [-0.1, -0.05) is 12.1 Å². The quantitative estimate of drug-likeness (QED) is 0.573. The average molecular weight is 439 g/mol. The molecule has 0 unspecified atom stereocenters. The third kappa shape index (κ3) is 4.75. The molecule has 0 aliphatic carbocycles. The molecule has 2 heterocycles. The predicted molar refractivity (Wildman–Crippen MR) is 119 cm³/mol. The minimum Gasteiger partial charge on any atom is -0.497 e. The highest BCUT2D eigenvalue weighted by molar-refractivity contribution is 5.97. The van der Waals surface area contributed by atoms with Crippen molar-refractivity contribution in [2.45, 2.75) is 25.2 Å². The van der Waals surface area contributed by atoms with E-state index in [1.165, 1.54) is 12.1 Å². The molecule has 1 aliphatic heterocycles. The first-order valence-electron chi connectivity index (χ1n) is 10.5. The summed E-state index contributed by atoms with van der Waals surface area (Å²) in [5.41, 5.74) is 3.49. The molecule has 168 valence electrons. The first-order chi connectivity index (χ1) is 15.6. The Morgan fingerprint density at radius 1 is 1.16 bits per heavy atom. The molecule has 1 aliphatic rings. The largest absolute Gasteiger partial charge is 0.497 e. The first kappa shape index (κ1) is 21.8. The van der Waals surface area contributed by atoms with Crippen LogP contribution in [0.1, 0.15) is 30.0 Å². The van der Waals surface area contributed by atoms with Crippen LogP contribution >= 0.6 is 0 Å². The maximum atomic E-state index is 13.2. The van der Waals surface area contributed by atoms with Crippen molar-refractivity contribution in [2.75, 3.05) is 32.8 Å². The Hall–Kier alpha value is -3.39. The molecule has 0 atom stereocenters. The molecular formula is C24H26FN3O4. The van der Waals surface area contributed by atoms with Crippen molar-refractivity contribution >= 4 is 11.6 Å². The Labute approximate surface area is 185 Å². The summed E-state index contributed by atoms with van der Waals surface area (Å²) in [5, 5.41) is 10.7. The highest BCUT2D eigenvalue weighted by Gasteiger charge is 2.27. The van der Waals surface area contributed by atoms with Gasteiger partial charge >= 0.3 is 0 Å². The molecule has 0 radical (unpaired) electrons. The number of ether oxygens (including phenoxy) is 3. The fraction of sp³-hybridized carbons (Fsp3) is 0.333. The molecular weight excluding hydrogens is 413 g/mol. The molecule has 1 saturated heterocycles. The van der Waals surface area contributed by atoms with E-state index < -0.39 is 0 Å². The van der Waals surface area contributed by atoms with Crippen molar-refractivity contribution in [1.82, 2.24) is 10.2 Å². The van der Waals surface area contributed by atoms with E-state index in [1.54, 1.807) is 38.5 Å². The van der Waals surface area contributed by atoms with Crippen LogP contribution in [0.4, 0.5) is 10.1 Å². The monoisotopic (exact) mass is 439 g/mol. The van der Waals surface area contributed by atoms with E-state index in [0.29, 0.717) is 41.7 Å². The number of aromatic amines is 1. The Kier molecular flexibility index (Phi) is 6.70. The number of amides is 1. The van der Waals surface area contributed by atoms with E-state index in [2.05, 4.69) is 15.5 Å². The molecule has 7 nitrogen and oxygen atoms in total. The van der Waals surface area contributed by atoms with Gasteiger partial charge in [0.05, 0.1) is 32.0 Å². The summed E-state index contributed by atoms with van der Waals surface area (Å²) < 4.78 is 29.6. The Bertz CT molecular complexity index is 1080. The van der Waals surface area contributed by atoms with Gasteiger partial charge in [-0.2, -0.15) is 5.10 Å². The van der Waals surface area contributed by atoms with E-state index in [9.17, 15) is 9.18 Å². The fourth-order valence-electron chi connectivity index (χ4n) is 3.93. The highest BCUT2D eigenvalue weighted by Crippen LogP contribution is 2.41. The van der Waals surface area contributed by atoms with Crippen LogP contribution in [0.25, 0.3) is 11.3 Å². The number of halogens is 1. The molecule has 4 rings (SSSR count). The number of H-pyrrole nitrogens is 1. The van der Waals surface area contributed by atoms with Gasteiger partial charge in [-0.25, -0.2) is 4.39 Å². The Balaban J connectivity index is 1.70. The summed E-state index contributed by atoms with van der Waals surface area (Å²) in [5.74, 6) is 0.903. The second kappa shape index (κ2) is 9.82. The summed E-state index contributed by atoms with van der Waals surface area (Å²) in [6.45, 7) is 1.31. The Morgan fingerprint density at radius 2 is 1.91 bits per heavy atom. The van der Waals surface area contributed by atoms with Gasteiger partial charge in [-0.05, 0) is 48.7 Å². The van der Waals surface area contributed by atoms with Gasteiger partial charge in [-0.15, -0.1) is 0 Å². The smallest absolute Gasteiger partial charge is 0.228 e. The van der Waals surface area contributed by atoms with Crippen LogP contribution in [0.15, 0.2) is 42.5 Å². The minimum atomic E-state index is -0.335. The molecule has 3 aromatic rings. The predicted octanol–water partition coefficient (Wildman–Crippen LogP) is 4.31. The van der Waals surface area contributed by atoms with Crippen molar-refractivity contribution in [2.24, 2.45) is 0 Å². The van der Waals surface area contributed by atoms with Gasteiger partial charge in [0.2, 0.25) is 5.91 Å². The fourth-order valence-corrected chi connectivity index (χ4v) is 3.93. The molecule has 0 spiro atoms. The zero-order valence-corrected chi connectivity index (χ0v) is 18.1. The van der Waals surface area contributed by atoms with Gasteiger partial charge in [0.1, 0.15) is 23.0 Å². The van der Waals surface area contributed by atoms with Crippen LogP contribution in [-0.4, -0.2) is 43.5 Å². The van der Waals surface area contributed by atoms with Crippen LogP contribution in [0, 0.1) is 5.82 Å². The third-order valence-corrected chi connectivity index (χ3v) is 5.63. The van der Waals surface area contributed by atoms with Crippen molar-refractivity contribution in [3.05, 3.63) is 59.5 Å². The lowest BCUT2D eigenvalue weighted by molar-refractivity contribution is -0.115. The second-order valence-electron chi connectivity index (χ2n) is 7.67. The van der Waals surface area contributed by atoms with Gasteiger partial charge in [0.25, 0.3) is 0 Å². The van der Waals surface area contributed by atoms with Crippen molar-refractivity contribution in [1.29, 1.82) is 0 Å². The zero-order chi connectivity index (χ0) is 22.5. The maximum Gasteiger partial charge on any atom is 0.228 e. The molecule has 2 aromatic carbocycles. The van der Waals surface area contributed by atoms with E-state index in [-0.39, 0.29) is 24.1 Å². The Morgan fingerprint density at radius 3 is 2.59 bits per heavy atom. The normalized spacial score (nSPS) is 14.2. The minimum absolute atomic E-state index is 0.118. The van der Waals surface area contributed by atoms with Crippen molar-refractivity contribution in [3.63, 3.8) is 0 Å². The zero-order valence-electron chi connectivity index (χ0n) is 18.1. The lowest BCUT2D eigenvalue weighted by Gasteiger charge is -2.22. The van der Waals surface area contributed by atoms with Gasteiger partial charge < -0.3 is 19.5 Å². The standard InChI is InChI=1S/C24H26FN3O4/c1-30-18-7-8-20(31-2)19(14-18)23-24(22(27-28-23)16-9-11-32-12-10-16)26-21(29)13-15-3-5-17(25)6-4-15/h3-8,14,16H,9-13H2,1-2H3,(H,26,29)(H,27,28). The number of nitrogens with zero attached hydrogens (tertiary/aromatic N) is 1. The van der Waals surface area contributed by atoms with Crippen LogP contribution in [-0.2, 0) is 16.0 Å². The maximum absolute atomic E-state index is 13.2. The summed E-state index contributed by atoms with van der Waals surface area (Å²) in [7, 11) is 3.18. The summed E-state index contributed by atoms with van der Waals surface area (Å²) in [6, 6.07) is 11.4. The summed E-state index contributed by atoms with van der Waals surface area (Å²) in [6.07, 6.45) is 1.78. The van der Waals surface area contributed by atoms with Crippen molar-refractivity contribution in [3.8, 4) is 22.8 Å². The number of hydrogen-bond acceptors (Lipinski definition) is 5. The number of hydrogen-bond donors (Lipinski definition) is 2. The first-order valence-corrected chi connectivity index (χ1v) is 10.5. The highest BCUT2D eigenvalue weighted by atomic mass is 19.1. The number of carbonyl (C=O) groups is 1. The van der Waals surface area contributed by atoms with Crippen LogP contribution in [0.5, 0.6) is 11.5 Å². The number of aromatic nitrogens is 2. The van der Waals surface area contributed by atoms with E-state index in [4.69, 9.17) is 14.2 Å². The number of methoxy groups -OCH3 is 2. The molecule has 1 fully saturated rings. The topological polar surface area (TPSA) is 85.5 Å². The van der Waals surface area contributed by atoms with E-state index in [0.717, 1.165) is 24.1 Å². The second-order valence-corrected chi connectivity index (χ2v) is 7.67. The van der Waals surface area contributed by atoms with Crippen LogP contribution < -0.4 is 14.8 Å². The van der Waals surface area contributed by atoms with Gasteiger partial charge in [0.15, 0.2) is 0 Å². The summed E-state index contributed by atoms with van der Waals surface area (Å²) >= 11 is 0. The van der Waals surface area contributed by atoms with Crippen LogP contribution in [0.2, 0.25) is 0 Å². The number of benzene rings is 2.